The van der Waals surface area contributed by atoms with Crippen LogP contribution in [0.5, 0.6) is 5.88 Å². The van der Waals surface area contributed by atoms with Gasteiger partial charge in [0.2, 0.25) is 11.8 Å². The number of anilines is 2. The van der Waals surface area contributed by atoms with Crippen LogP contribution >= 0.6 is 11.6 Å². The third-order valence-corrected chi connectivity index (χ3v) is 11.2. The predicted octanol–water partition coefficient (Wildman–Crippen LogP) is 6.52. The molecule has 54 heavy (non-hydrogen) atoms. The summed E-state index contributed by atoms with van der Waals surface area (Å²) < 4.78 is 35.4. The first-order chi connectivity index (χ1) is 25.9. The fourth-order valence-electron chi connectivity index (χ4n) is 7.86. The number of aromatic nitrogens is 4. The van der Waals surface area contributed by atoms with E-state index in [4.69, 9.17) is 21.3 Å². The third-order valence-electron chi connectivity index (χ3n) is 10.8. The van der Waals surface area contributed by atoms with Crippen molar-refractivity contribution >= 4 is 39.9 Å². The Morgan fingerprint density at radius 3 is 2.43 bits per heavy atom. The zero-order chi connectivity index (χ0) is 38.3. The molecule has 0 bridgehead atoms. The van der Waals surface area contributed by atoms with Gasteiger partial charge in [0.1, 0.15) is 16.9 Å². The molecule has 1 spiro atoms. The molecule has 1 amide bonds. The highest BCUT2D eigenvalue weighted by Gasteiger charge is 2.37. The monoisotopic (exact) mass is 757 g/mol. The number of halogens is 3. The van der Waals surface area contributed by atoms with E-state index in [-0.39, 0.29) is 28.2 Å². The molecule has 2 fully saturated rings. The van der Waals surface area contributed by atoms with Crippen molar-refractivity contribution < 1.29 is 18.3 Å². The largest absolute Gasteiger partial charge is 0.481 e. The van der Waals surface area contributed by atoms with Gasteiger partial charge in [-0.2, -0.15) is 0 Å². The van der Waals surface area contributed by atoms with E-state index in [1.165, 1.54) is 19.7 Å². The van der Waals surface area contributed by atoms with Crippen molar-refractivity contribution in [2.75, 3.05) is 25.5 Å². The highest BCUT2D eigenvalue weighted by Crippen LogP contribution is 2.41. The van der Waals surface area contributed by atoms with Gasteiger partial charge in [0.15, 0.2) is 0 Å². The van der Waals surface area contributed by atoms with E-state index in [0.29, 0.717) is 16.6 Å². The Morgan fingerprint density at radius 2 is 1.70 bits per heavy atom. The van der Waals surface area contributed by atoms with Gasteiger partial charge in [-0.3, -0.25) is 18.7 Å². The number of aryl methyl sites for hydroxylation is 2. The number of hydrogen-bond acceptors (Lipinski definition) is 8. The smallest absolute Gasteiger partial charge is 0.330 e. The Balaban J connectivity index is 0.000000348. The minimum Gasteiger partial charge on any atom is -0.481 e. The first-order valence-corrected chi connectivity index (χ1v) is 18.4. The number of nitrogens with one attached hydrogen (secondary N) is 3. The van der Waals surface area contributed by atoms with Crippen molar-refractivity contribution in [2.24, 2.45) is 14.1 Å². The van der Waals surface area contributed by atoms with Crippen LogP contribution in [0.2, 0.25) is 5.02 Å². The summed E-state index contributed by atoms with van der Waals surface area (Å²) in [6.07, 6.45) is 4.09. The molecule has 3 aliphatic rings. The Hall–Kier alpha value is -5.14. The van der Waals surface area contributed by atoms with E-state index < -0.39 is 23.4 Å². The lowest BCUT2D eigenvalue weighted by Crippen LogP contribution is -2.52. The Morgan fingerprint density at radius 1 is 0.944 bits per heavy atom. The molecule has 3 aromatic heterocycles. The molecule has 1 unspecified atom stereocenters. The highest BCUT2D eigenvalue weighted by atomic mass is 35.5. The SMILES string of the molecule is COc1nc(-c2cccc(-c3cccc(Nc4nc(C(F)F)cc5c4c(=O)n(C)c(=O)n5C)c3C)c2Cl)cc2c1CCC2.O=C1CCCC2(CCNC2)N1. The molecule has 0 radical (unpaired) electrons. The molecule has 5 aromatic rings. The molecule has 1 atom stereocenters. The molecule has 2 aromatic carbocycles. The maximum atomic E-state index is 13.8. The summed E-state index contributed by atoms with van der Waals surface area (Å²) >= 11 is 7.04. The van der Waals surface area contributed by atoms with Gasteiger partial charge in [-0.25, -0.2) is 23.5 Å². The van der Waals surface area contributed by atoms with Crippen LogP contribution in [-0.4, -0.2) is 50.7 Å². The first kappa shape index (κ1) is 37.2. The summed E-state index contributed by atoms with van der Waals surface area (Å²) in [7, 11) is 4.38. The second-order valence-electron chi connectivity index (χ2n) is 14.2. The molecule has 14 heteroatoms. The second-order valence-corrected chi connectivity index (χ2v) is 14.6. The number of carbonyl (C=O) groups is 1. The van der Waals surface area contributed by atoms with Crippen LogP contribution in [0.4, 0.5) is 20.3 Å². The standard InChI is InChI=1S/C32H28ClF2N5O3.C8H14N2O/c1-16-18(20-11-6-12-21(27(20)33)23-14-17-8-5-10-19(17)30(38-23)43-4)9-7-13-22(16)36-29-26-25(15-24(37-29)28(34)35)39(2)32(42)40(3)31(26)41;11-7-2-1-3-8(10-7)4-5-9-6-8/h6-7,9,11-15,28H,5,8,10H2,1-4H3,(H,36,37);9H,1-6H2,(H,10,11). The van der Waals surface area contributed by atoms with Crippen LogP contribution in [-0.2, 0) is 31.7 Å². The number of alkyl halides is 2. The van der Waals surface area contributed by atoms with E-state index in [9.17, 15) is 23.2 Å². The van der Waals surface area contributed by atoms with Gasteiger partial charge < -0.3 is 20.7 Å². The number of nitrogens with zero attached hydrogens (tertiary/aromatic N) is 4. The average Bonchev–Trinajstić information content (AvgIpc) is 3.83. The van der Waals surface area contributed by atoms with Crippen LogP contribution in [0.1, 0.15) is 60.9 Å². The number of hydrogen-bond donors (Lipinski definition) is 3. The van der Waals surface area contributed by atoms with Gasteiger partial charge in [0.25, 0.3) is 12.0 Å². The number of ether oxygens (including phenoxy) is 1. The van der Waals surface area contributed by atoms with E-state index in [1.54, 1.807) is 19.2 Å². The second kappa shape index (κ2) is 14.9. The number of carbonyl (C=O) groups excluding carboxylic acids is 1. The number of piperidine rings is 1. The third kappa shape index (κ3) is 6.86. The van der Waals surface area contributed by atoms with Crippen LogP contribution in [0.15, 0.2) is 58.1 Å². The molecule has 3 N–H and O–H groups in total. The maximum absolute atomic E-state index is 13.8. The topological polar surface area (TPSA) is 132 Å². The number of fused-ring (bicyclic) bond motifs is 2. The molecule has 2 aliphatic heterocycles. The number of methoxy groups -OCH3 is 1. The number of amides is 1. The quantitative estimate of drug-likeness (QED) is 0.179. The molecular weight excluding hydrogens is 716 g/mol. The van der Waals surface area contributed by atoms with Crippen molar-refractivity contribution in [3.63, 3.8) is 0 Å². The molecular formula is C40H42ClF2N7O4. The lowest BCUT2D eigenvalue weighted by molar-refractivity contribution is -0.124. The number of pyridine rings is 2. The Kier molecular flexibility index (Phi) is 10.3. The molecule has 282 valence electrons. The van der Waals surface area contributed by atoms with Crippen LogP contribution < -0.4 is 31.9 Å². The van der Waals surface area contributed by atoms with Gasteiger partial charge in [-0.1, -0.05) is 41.9 Å². The van der Waals surface area contributed by atoms with E-state index >= 15 is 0 Å². The minimum atomic E-state index is -2.91. The van der Waals surface area contributed by atoms with Crippen molar-refractivity contribution in [2.45, 2.75) is 63.8 Å². The fraction of sp³-hybridized carbons (Fsp3) is 0.375. The van der Waals surface area contributed by atoms with E-state index in [0.717, 1.165) is 107 Å². The van der Waals surface area contributed by atoms with Crippen LogP contribution in [0.25, 0.3) is 33.3 Å². The lowest BCUT2D eigenvalue weighted by atomic mass is 9.88. The highest BCUT2D eigenvalue weighted by molar-refractivity contribution is 6.36. The summed E-state index contributed by atoms with van der Waals surface area (Å²) in [6, 6.07) is 14.3. The Labute approximate surface area is 315 Å². The van der Waals surface area contributed by atoms with Gasteiger partial charge in [-0.05, 0) is 86.9 Å². The van der Waals surface area contributed by atoms with Gasteiger partial charge >= 0.3 is 5.69 Å². The average molecular weight is 758 g/mol. The van der Waals surface area contributed by atoms with Crippen molar-refractivity contribution in [1.82, 2.24) is 29.7 Å². The van der Waals surface area contributed by atoms with Crippen molar-refractivity contribution in [3.8, 4) is 28.3 Å². The number of rotatable bonds is 6. The summed E-state index contributed by atoms with van der Waals surface area (Å²) in [6.45, 7) is 3.89. The summed E-state index contributed by atoms with van der Waals surface area (Å²) in [4.78, 5) is 45.6. The van der Waals surface area contributed by atoms with Crippen molar-refractivity contribution in [3.05, 3.63) is 96.8 Å². The van der Waals surface area contributed by atoms with Gasteiger partial charge in [-0.15, -0.1) is 0 Å². The molecule has 2 saturated heterocycles. The van der Waals surface area contributed by atoms with E-state index in [2.05, 4.69) is 27.0 Å². The van der Waals surface area contributed by atoms with Crippen molar-refractivity contribution in [1.29, 1.82) is 0 Å². The van der Waals surface area contributed by atoms with Crippen LogP contribution in [0.3, 0.4) is 0 Å². The molecule has 1 aliphatic carbocycles. The normalized spacial score (nSPS) is 17.7. The molecule has 0 saturated carbocycles. The first-order valence-electron chi connectivity index (χ1n) is 18.0. The minimum absolute atomic E-state index is 0.0236. The summed E-state index contributed by atoms with van der Waals surface area (Å²) in [5.74, 6) is 0.779. The predicted molar refractivity (Wildman–Crippen MR) is 206 cm³/mol. The summed E-state index contributed by atoms with van der Waals surface area (Å²) in [5, 5.41) is 10.0. The van der Waals surface area contributed by atoms with Crippen LogP contribution in [0, 0.1) is 6.92 Å². The van der Waals surface area contributed by atoms with Gasteiger partial charge in [0.05, 0.1) is 28.9 Å². The van der Waals surface area contributed by atoms with E-state index in [1.807, 2.05) is 31.2 Å². The van der Waals surface area contributed by atoms with Gasteiger partial charge in [0, 0.05) is 49.4 Å². The number of benzene rings is 2. The maximum Gasteiger partial charge on any atom is 0.330 e. The zero-order valence-corrected chi connectivity index (χ0v) is 31.4. The molecule has 5 heterocycles. The Bertz CT molecular complexity index is 2410. The molecule has 8 rings (SSSR count). The summed E-state index contributed by atoms with van der Waals surface area (Å²) in [5.41, 5.74) is 5.02. The zero-order valence-electron chi connectivity index (χ0n) is 30.6. The fourth-order valence-corrected chi connectivity index (χ4v) is 8.19. The molecule has 11 nitrogen and oxygen atoms in total. The lowest BCUT2D eigenvalue weighted by Gasteiger charge is -2.33.